The van der Waals surface area contributed by atoms with Crippen LogP contribution in [0.5, 0.6) is 11.5 Å². The molecular weight excluding hydrogens is 322 g/mol. The summed E-state index contributed by atoms with van der Waals surface area (Å²) in [6, 6.07) is 15.2. The van der Waals surface area contributed by atoms with Crippen molar-refractivity contribution in [1.29, 1.82) is 0 Å². The van der Waals surface area contributed by atoms with Crippen LogP contribution in [0.1, 0.15) is 49.4 Å². The van der Waals surface area contributed by atoms with Crippen molar-refractivity contribution in [3.05, 3.63) is 71.8 Å². The predicted octanol–water partition coefficient (Wildman–Crippen LogP) is 5.45. The smallest absolute Gasteiger partial charge is 0.164 e. The highest BCUT2D eigenvalue weighted by Crippen LogP contribution is 2.34. The van der Waals surface area contributed by atoms with Gasteiger partial charge in [0, 0.05) is 18.2 Å². The normalized spacial score (nSPS) is 11.8. The van der Waals surface area contributed by atoms with Crippen LogP contribution in [-0.2, 0) is 13.0 Å². The van der Waals surface area contributed by atoms with E-state index in [4.69, 9.17) is 9.47 Å². The molecule has 0 bridgehead atoms. The molecule has 0 amide bonds. The van der Waals surface area contributed by atoms with Gasteiger partial charge in [0.2, 0.25) is 0 Å². The first-order valence-electron chi connectivity index (χ1n) is 9.45. The molecule has 0 aliphatic carbocycles. The van der Waals surface area contributed by atoms with Crippen LogP contribution in [0.25, 0.3) is 0 Å². The van der Waals surface area contributed by atoms with E-state index < -0.39 is 0 Å². The summed E-state index contributed by atoms with van der Waals surface area (Å²) in [6.45, 7) is 9.48. The van der Waals surface area contributed by atoms with Gasteiger partial charge in [-0.05, 0) is 37.0 Å². The standard InChI is InChI=1S/C23H31NO2/c1-5-11-20-15-18(16-22(25-4)23(20)26-7-3)17-24-21(12-6-2)19-13-9-8-10-14-19/h5,8-10,13-16,21,24H,1,6-7,11-12,17H2,2-4H3. The Labute approximate surface area is 158 Å². The van der Waals surface area contributed by atoms with E-state index in [0.29, 0.717) is 12.6 Å². The van der Waals surface area contributed by atoms with Crippen LogP contribution in [0.15, 0.2) is 55.1 Å². The summed E-state index contributed by atoms with van der Waals surface area (Å²) >= 11 is 0. The molecule has 0 radical (unpaired) electrons. The van der Waals surface area contributed by atoms with Crippen molar-refractivity contribution in [2.75, 3.05) is 13.7 Å². The lowest BCUT2D eigenvalue weighted by Crippen LogP contribution is -2.21. The zero-order chi connectivity index (χ0) is 18.8. The van der Waals surface area contributed by atoms with E-state index in [9.17, 15) is 0 Å². The van der Waals surface area contributed by atoms with Crippen molar-refractivity contribution in [2.24, 2.45) is 0 Å². The minimum absolute atomic E-state index is 0.349. The number of methoxy groups -OCH3 is 1. The van der Waals surface area contributed by atoms with Crippen molar-refractivity contribution >= 4 is 0 Å². The Balaban J connectivity index is 2.21. The van der Waals surface area contributed by atoms with E-state index in [-0.39, 0.29) is 0 Å². The van der Waals surface area contributed by atoms with Gasteiger partial charge < -0.3 is 14.8 Å². The maximum Gasteiger partial charge on any atom is 0.164 e. The molecule has 0 saturated heterocycles. The summed E-state index contributed by atoms with van der Waals surface area (Å²) in [5.74, 6) is 1.61. The second-order valence-corrected chi connectivity index (χ2v) is 6.34. The van der Waals surface area contributed by atoms with E-state index in [1.807, 2.05) is 13.0 Å². The number of benzene rings is 2. The quantitative estimate of drug-likeness (QED) is 0.545. The van der Waals surface area contributed by atoms with Gasteiger partial charge in [0.25, 0.3) is 0 Å². The highest BCUT2D eigenvalue weighted by atomic mass is 16.5. The number of hydrogen-bond acceptors (Lipinski definition) is 3. The molecule has 0 spiro atoms. The van der Waals surface area contributed by atoms with Crippen molar-refractivity contribution < 1.29 is 9.47 Å². The highest BCUT2D eigenvalue weighted by molar-refractivity contribution is 5.50. The molecule has 26 heavy (non-hydrogen) atoms. The first-order valence-corrected chi connectivity index (χ1v) is 9.45. The van der Waals surface area contributed by atoms with Crippen LogP contribution in [-0.4, -0.2) is 13.7 Å². The van der Waals surface area contributed by atoms with E-state index in [1.165, 1.54) is 11.1 Å². The average molecular weight is 354 g/mol. The van der Waals surface area contributed by atoms with Crippen molar-refractivity contribution in [3.63, 3.8) is 0 Å². The number of allylic oxidation sites excluding steroid dienone is 1. The number of hydrogen-bond donors (Lipinski definition) is 1. The molecule has 1 atom stereocenters. The topological polar surface area (TPSA) is 30.5 Å². The Morgan fingerprint density at radius 1 is 1.15 bits per heavy atom. The highest BCUT2D eigenvalue weighted by Gasteiger charge is 2.14. The van der Waals surface area contributed by atoms with E-state index in [0.717, 1.165) is 42.9 Å². The molecular formula is C23H31NO2. The van der Waals surface area contributed by atoms with Crippen LogP contribution < -0.4 is 14.8 Å². The fourth-order valence-corrected chi connectivity index (χ4v) is 3.19. The second kappa shape index (κ2) is 10.7. The van der Waals surface area contributed by atoms with Crippen LogP contribution in [0.3, 0.4) is 0 Å². The lowest BCUT2D eigenvalue weighted by atomic mass is 10.0. The molecule has 0 fully saturated rings. The van der Waals surface area contributed by atoms with Crippen LogP contribution in [0.2, 0.25) is 0 Å². The third-order valence-corrected chi connectivity index (χ3v) is 4.40. The minimum atomic E-state index is 0.349. The molecule has 0 aliphatic rings. The average Bonchev–Trinajstić information content (AvgIpc) is 2.67. The van der Waals surface area contributed by atoms with Gasteiger partial charge >= 0.3 is 0 Å². The Kier molecular flexibility index (Phi) is 8.23. The summed E-state index contributed by atoms with van der Waals surface area (Å²) in [5, 5.41) is 3.70. The fraction of sp³-hybridized carbons (Fsp3) is 0.391. The Bertz CT molecular complexity index is 682. The van der Waals surface area contributed by atoms with Gasteiger partial charge in [0.15, 0.2) is 11.5 Å². The molecule has 2 rings (SSSR count). The summed E-state index contributed by atoms with van der Waals surface area (Å²) in [6.07, 6.45) is 4.91. The molecule has 2 aromatic carbocycles. The first-order chi connectivity index (χ1) is 12.7. The van der Waals surface area contributed by atoms with Gasteiger partial charge in [-0.1, -0.05) is 55.8 Å². The Morgan fingerprint density at radius 3 is 2.54 bits per heavy atom. The third-order valence-electron chi connectivity index (χ3n) is 4.40. The van der Waals surface area contributed by atoms with Gasteiger partial charge in [-0.15, -0.1) is 6.58 Å². The Morgan fingerprint density at radius 2 is 1.92 bits per heavy atom. The summed E-state index contributed by atoms with van der Waals surface area (Å²) < 4.78 is 11.4. The monoisotopic (exact) mass is 353 g/mol. The molecule has 0 aliphatic heterocycles. The zero-order valence-electron chi connectivity index (χ0n) is 16.3. The lowest BCUT2D eigenvalue weighted by Gasteiger charge is -2.20. The molecule has 0 saturated carbocycles. The van der Waals surface area contributed by atoms with Crippen molar-refractivity contribution in [3.8, 4) is 11.5 Å². The van der Waals surface area contributed by atoms with E-state index >= 15 is 0 Å². The van der Waals surface area contributed by atoms with Crippen LogP contribution >= 0.6 is 0 Å². The van der Waals surface area contributed by atoms with Gasteiger partial charge in [-0.25, -0.2) is 0 Å². The molecule has 0 heterocycles. The minimum Gasteiger partial charge on any atom is -0.493 e. The van der Waals surface area contributed by atoms with E-state index in [2.05, 4.69) is 61.3 Å². The third kappa shape index (κ3) is 5.37. The van der Waals surface area contributed by atoms with Gasteiger partial charge in [-0.2, -0.15) is 0 Å². The summed E-state index contributed by atoms with van der Waals surface area (Å²) in [4.78, 5) is 0. The molecule has 2 aromatic rings. The number of rotatable bonds is 11. The number of ether oxygens (including phenoxy) is 2. The molecule has 3 heteroatoms. The predicted molar refractivity (Wildman–Crippen MR) is 109 cm³/mol. The molecule has 1 N–H and O–H groups in total. The maximum absolute atomic E-state index is 5.81. The van der Waals surface area contributed by atoms with Gasteiger partial charge in [0.05, 0.1) is 13.7 Å². The fourth-order valence-electron chi connectivity index (χ4n) is 3.19. The summed E-state index contributed by atoms with van der Waals surface area (Å²) in [7, 11) is 1.69. The zero-order valence-corrected chi connectivity index (χ0v) is 16.3. The SMILES string of the molecule is C=CCc1cc(CNC(CCC)c2ccccc2)cc(OC)c1OCC. The number of nitrogens with one attached hydrogen (secondary N) is 1. The van der Waals surface area contributed by atoms with Crippen molar-refractivity contribution in [1.82, 2.24) is 5.32 Å². The van der Waals surface area contributed by atoms with Crippen LogP contribution in [0.4, 0.5) is 0 Å². The Hall–Kier alpha value is -2.26. The lowest BCUT2D eigenvalue weighted by molar-refractivity contribution is 0.307. The van der Waals surface area contributed by atoms with Gasteiger partial charge in [-0.3, -0.25) is 0 Å². The van der Waals surface area contributed by atoms with Crippen LogP contribution in [0, 0.1) is 0 Å². The van der Waals surface area contributed by atoms with Crippen molar-refractivity contribution in [2.45, 2.75) is 45.7 Å². The molecule has 0 aromatic heterocycles. The largest absolute Gasteiger partial charge is 0.493 e. The van der Waals surface area contributed by atoms with E-state index in [1.54, 1.807) is 7.11 Å². The molecule has 1 unspecified atom stereocenters. The summed E-state index contributed by atoms with van der Waals surface area (Å²) in [5.41, 5.74) is 3.64. The second-order valence-electron chi connectivity index (χ2n) is 6.34. The maximum atomic E-state index is 5.81. The molecule has 3 nitrogen and oxygen atoms in total. The first kappa shape index (κ1) is 20.1. The molecule has 140 valence electrons. The van der Waals surface area contributed by atoms with Gasteiger partial charge in [0.1, 0.15) is 0 Å².